The lowest BCUT2D eigenvalue weighted by atomic mass is 9.98. The quantitative estimate of drug-likeness (QED) is 0.455. The summed E-state index contributed by atoms with van der Waals surface area (Å²) in [6.45, 7) is 5.36. The summed E-state index contributed by atoms with van der Waals surface area (Å²) in [6.07, 6.45) is 5.18. The van der Waals surface area contributed by atoms with Gasteiger partial charge in [0, 0.05) is 5.39 Å². The summed E-state index contributed by atoms with van der Waals surface area (Å²) in [4.78, 5) is 26.6. The molecule has 0 aromatic heterocycles. The highest BCUT2D eigenvalue weighted by Crippen LogP contribution is 2.34. The van der Waals surface area contributed by atoms with Gasteiger partial charge in [-0.1, -0.05) is 36.3 Å². The van der Waals surface area contributed by atoms with E-state index < -0.39 is 12.0 Å². The van der Waals surface area contributed by atoms with Crippen LogP contribution in [0.15, 0.2) is 30.3 Å². The van der Waals surface area contributed by atoms with Crippen LogP contribution in [-0.4, -0.2) is 38.2 Å². The van der Waals surface area contributed by atoms with Gasteiger partial charge in [-0.25, -0.2) is 4.79 Å². The van der Waals surface area contributed by atoms with Crippen molar-refractivity contribution in [3.63, 3.8) is 0 Å². The average molecular weight is 353 g/mol. The molecule has 2 aromatic carbocycles. The number of amides is 1. The molecule has 2 aromatic rings. The van der Waals surface area contributed by atoms with Crippen molar-refractivity contribution in [1.82, 2.24) is 0 Å². The van der Waals surface area contributed by atoms with Crippen LogP contribution in [0.2, 0.25) is 0 Å². The fraction of sp³-hybridized carbons (Fsp3) is 0.333. The van der Waals surface area contributed by atoms with Gasteiger partial charge in [-0.2, -0.15) is 0 Å². The number of aryl methyl sites for hydroxylation is 1. The number of terminal acetylenes is 1. The van der Waals surface area contributed by atoms with Crippen LogP contribution in [0.5, 0.6) is 0 Å². The summed E-state index contributed by atoms with van der Waals surface area (Å²) in [7, 11) is 1.30. The topological polar surface area (TPSA) is 55.8 Å². The highest BCUT2D eigenvalue weighted by atomic mass is 16.5. The Morgan fingerprint density at radius 1 is 1.27 bits per heavy atom. The van der Waals surface area contributed by atoms with E-state index in [-0.39, 0.29) is 19.1 Å². The number of carbonyl (C=O) groups is 2. The molecule has 0 bridgehead atoms. The van der Waals surface area contributed by atoms with Crippen LogP contribution in [0, 0.1) is 26.2 Å². The van der Waals surface area contributed by atoms with Crippen molar-refractivity contribution in [3.8, 4) is 12.3 Å². The smallest absolute Gasteiger partial charge is 0.328 e. The lowest BCUT2D eigenvalue weighted by Crippen LogP contribution is -2.46. The van der Waals surface area contributed by atoms with E-state index in [1.807, 2.05) is 38.1 Å². The molecule has 136 valence electrons. The number of fused-ring (bicyclic) bond motifs is 1. The van der Waals surface area contributed by atoms with Gasteiger partial charge in [0.05, 0.1) is 12.8 Å². The first-order valence-electron chi connectivity index (χ1n) is 8.32. The van der Waals surface area contributed by atoms with E-state index in [0.717, 1.165) is 21.9 Å². The number of carbonyl (C=O) groups excluding carboxylic acids is 2. The van der Waals surface area contributed by atoms with Gasteiger partial charge < -0.3 is 9.47 Å². The van der Waals surface area contributed by atoms with Gasteiger partial charge in [-0.3, -0.25) is 9.69 Å². The monoisotopic (exact) mass is 353 g/mol. The molecule has 0 aliphatic rings. The second kappa shape index (κ2) is 8.50. The van der Waals surface area contributed by atoms with Crippen LogP contribution in [0.1, 0.15) is 18.1 Å². The largest absolute Gasteiger partial charge is 0.467 e. The predicted molar refractivity (Wildman–Crippen MR) is 102 cm³/mol. The van der Waals surface area contributed by atoms with Crippen LogP contribution in [0.25, 0.3) is 10.8 Å². The zero-order valence-corrected chi connectivity index (χ0v) is 15.5. The lowest BCUT2D eigenvalue weighted by Gasteiger charge is -2.30. The number of benzene rings is 2. The highest BCUT2D eigenvalue weighted by molar-refractivity contribution is 6.08. The van der Waals surface area contributed by atoms with Crippen LogP contribution in [-0.2, 0) is 19.1 Å². The molecule has 0 unspecified atom stereocenters. The fourth-order valence-electron chi connectivity index (χ4n) is 2.96. The van der Waals surface area contributed by atoms with Crippen molar-refractivity contribution < 1.29 is 19.1 Å². The van der Waals surface area contributed by atoms with E-state index in [2.05, 4.69) is 12.0 Å². The molecule has 5 nitrogen and oxygen atoms in total. The standard InChI is InChI=1S/C21H23NO4/c1-6-11-26-13-19(23)22(16(4)21(24)25-5)20-15(3)14(2)12-17-9-7-8-10-18(17)20/h1,7-10,12,16H,11,13H2,2-5H3/t16-/m0/s1. The SMILES string of the molecule is C#CCOCC(=O)N(c1c(C)c(C)cc2ccccc12)[C@@H](C)C(=O)OC. The van der Waals surface area contributed by atoms with Gasteiger partial charge in [-0.05, 0) is 37.3 Å². The van der Waals surface area contributed by atoms with Crippen molar-refractivity contribution in [3.05, 3.63) is 41.5 Å². The third-order valence-corrected chi connectivity index (χ3v) is 4.38. The first-order valence-corrected chi connectivity index (χ1v) is 8.32. The molecule has 0 fully saturated rings. The third kappa shape index (κ3) is 3.87. The Labute approximate surface area is 153 Å². The summed E-state index contributed by atoms with van der Waals surface area (Å²) >= 11 is 0. The Kier molecular flexibility index (Phi) is 6.37. The minimum atomic E-state index is -0.800. The Morgan fingerprint density at radius 3 is 2.62 bits per heavy atom. The molecular weight excluding hydrogens is 330 g/mol. The van der Waals surface area contributed by atoms with Gasteiger partial charge in [-0.15, -0.1) is 6.42 Å². The number of anilines is 1. The molecule has 0 spiro atoms. The third-order valence-electron chi connectivity index (χ3n) is 4.38. The van der Waals surface area contributed by atoms with E-state index in [4.69, 9.17) is 15.9 Å². The molecule has 0 aliphatic carbocycles. The number of esters is 1. The lowest BCUT2D eigenvalue weighted by molar-refractivity contribution is -0.143. The van der Waals surface area contributed by atoms with E-state index in [9.17, 15) is 9.59 Å². The second-order valence-electron chi connectivity index (χ2n) is 6.05. The molecule has 5 heteroatoms. The first kappa shape index (κ1) is 19.5. The number of methoxy groups -OCH3 is 1. The summed E-state index contributed by atoms with van der Waals surface area (Å²) in [6, 6.07) is 9.02. The number of hydrogen-bond acceptors (Lipinski definition) is 4. The van der Waals surface area contributed by atoms with Gasteiger partial charge in [0.25, 0.3) is 5.91 Å². The molecule has 0 heterocycles. The van der Waals surface area contributed by atoms with Crippen molar-refractivity contribution >= 4 is 28.3 Å². The summed E-state index contributed by atoms with van der Waals surface area (Å²) < 4.78 is 10.1. The molecule has 2 rings (SSSR count). The maximum Gasteiger partial charge on any atom is 0.328 e. The van der Waals surface area contributed by atoms with Crippen molar-refractivity contribution in [2.75, 3.05) is 25.2 Å². The van der Waals surface area contributed by atoms with E-state index in [1.54, 1.807) is 6.92 Å². The molecule has 0 saturated heterocycles. The molecule has 26 heavy (non-hydrogen) atoms. The van der Waals surface area contributed by atoms with Gasteiger partial charge >= 0.3 is 5.97 Å². The predicted octanol–water partition coefficient (Wildman–Crippen LogP) is 3.00. The van der Waals surface area contributed by atoms with Crippen molar-refractivity contribution in [2.24, 2.45) is 0 Å². The normalized spacial score (nSPS) is 11.7. The summed E-state index contributed by atoms with van der Waals surface area (Å²) in [5, 5.41) is 1.88. The Morgan fingerprint density at radius 2 is 1.96 bits per heavy atom. The minimum absolute atomic E-state index is 0.0275. The Hall–Kier alpha value is -2.84. The molecule has 0 aliphatic heterocycles. The Bertz CT molecular complexity index is 866. The van der Waals surface area contributed by atoms with E-state index in [1.165, 1.54) is 12.0 Å². The molecule has 0 N–H and O–H groups in total. The van der Waals surface area contributed by atoms with Crippen molar-refractivity contribution in [2.45, 2.75) is 26.8 Å². The molecule has 1 amide bonds. The minimum Gasteiger partial charge on any atom is -0.467 e. The molecular formula is C21H23NO4. The average Bonchev–Trinajstić information content (AvgIpc) is 2.64. The van der Waals surface area contributed by atoms with Crippen LogP contribution >= 0.6 is 0 Å². The van der Waals surface area contributed by atoms with Gasteiger partial charge in [0.15, 0.2) is 0 Å². The molecule has 0 saturated carbocycles. The number of ether oxygens (including phenoxy) is 2. The van der Waals surface area contributed by atoms with Gasteiger partial charge in [0.1, 0.15) is 19.3 Å². The van der Waals surface area contributed by atoms with E-state index >= 15 is 0 Å². The summed E-state index contributed by atoms with van der Waals surface area (Å²) in [5.41, 5.74) is 2.63. The number of rotatable bonds is 6. The van der Waals surface area contributed by atoms with Crippen molar-refractivity contribution in [1.29, 1.82) is 0 Å². The van der Waals surface area contributed by atoms with Crippen LogP contribution < -0.4 is 4.90 Å². The van der Waals surface area contributed by atoms with Gasteiger partial charge in [0.2, 0.25) is 0 Å². The number of hydrogen-bond donors (Lipinski definition) is 0. The Balaban J connectivity index is 2.63. The maximum atomic E-state index is 12.9. The maximum absolute atomic E-state index is 12.9. The van der Waals surface area contributed by atoms with E-state index in [0.29, 0.717) is 5.69 Å². The zero-order valence-electron chi connectivity index (χ0n) is 15.5. The number of nitrogens with zero attached hydrogens (tertiary/aromatic N) is 1. The molecule has 1 atom stereocenters. The van der Waals surface area contributed by atoms with Crippen LogP contribution in [0.3, 0.4) is 0 Å². The first-order chi connectivity index (χ1) is 12.4. The zero-order chi connectivity index (χ0) is 19.3. The fourth-order valence-corrected chi connectivity index (χ4v) is 2.96. The van der Waals surface area contributed by atoms with Crippen LogP contribution in [0.4, 0.5) is 5.69 Å². The summed E-state index contributed by atoms with van der Waals surface area (Å²) in [5.74, 6) is 1.48. The highest BCUT2D eigenvalue weighted by Gasteiger charge is 2.30. The molecule has 0 radical (unpaired) electrons. The second-order valence-corrected chi connectivity index (χ2v) is 6.05.